The van der Waals surface area contributed by atoms with Gasteiger partial charge in [-0.15, -0.1) is 0 Å². The Hall–Kier alpha value is -0.460. The van der Waals surface area contributed by atoms with Gasteiger partial charge in [0.2, 0.25) is 0 Å². The van der Waals surface area contributed by atoms with E-state index in [4.69, 9.17) is 0 Å². The van der Waals surface area contributed by atoms with Crippen molar-refractivity contribution in [2.24, 2.45) is 0 Å². The van der Waals surface area contributed by atoms with Crippen molar-refractivity contribution in [3.63, 3.8) is 0 Å². The molecule has 0 aliphatic heterocycles. The van der Waals surface area contributed by atoms with Crippen LogP contribution in [0.4, 0.5) is 26.3 Å². The first-order valence-corrected chi connectivity index (χ1v) is 3.24. The van der Waals surface area contributed by atoms with Crippen LogP contribution in [-0.4, -0.2) is 24.6 Å². The van der Waals surface area contributed by atoms with Crippen molar-refractivity contribution >= 4 is 0 Å². The molecular weight excluding hydrogens is 202 g/mol. The van der Waals surface area contributed by atoms with Crippen LogP contribution in [0.25, 0.3) is 0 Å². The van der Waals surface area contributed by atoms with Crippen LogP contribution in [0.15, 0.2) is 0 Å². The number of halogens is 6. The van der Waals surface area contributed by atoms with Gasteiger partial charge in [-0.3, -0.25) is 0 Å². The summed E-state index contributed by atoms with van der Waals surface area (Å²) in [5.74, 6) is -8.01. The Morgan fingerprint density at radius 1 is 0.846 bits per heavy atom. The van der Waals surface area contributed by atoms with E-state index in [1.54, 1.807) is 0 Å². The maximum atomic E-state index is 12.1. The molecule has 0 amide bonds. The Morgan fingerprint density at radius 2 is 1.08 bits per heavy atom. The second-order valence-electron chi connectivity index (χ2n) is 2.68. The minimum absolute atomic E-state index is 0.0954. The summed E-state index contributed by atoms with van der Waals surface area (Å²) in [4.78, 5) is 0. The zero-order chi connectivity index (χ0) is 10.9. The summed E-state index contributed by atoms with van der Waals surface area (Å²) in [6.45, 7) is 0.191. The predicted molar refractivity (Wildman–Crippen MR) is 32.1 cm³/mol. The molecule has 0 saturated carbocycles. The van der Waals surface area contributed by atoms with Crippen molar-refractivity contribution < 1.29 is 31.1 Å². The Labute approximate surface area is 70.7 Å². The van der Waals surface area contributed by atoms with Crippen LogP contribution in [0, 0.1) is 0 Å². The van der Waals surface area contributed by atoms with Gasteiger partial charge < -0.3 is 4.74 Å². The van der Waals surface area contributed by atoms with Crippen molar-refractivity contribution in [1.29, 1.82) is 0 Å². The summed E-state index contributed by atoms with van der Waals surface area (Å²) in [5, 5.41) is 0. The summed E-state index contributed by atoms with van der Waals surface area (Å²) in [6.07, 6.45) is -6.76. The molecule has 0 heterocycles. The van der Waals surface area contributed by atoms with Crippen LogP contribution in [0.5, 0.6) is 0 Å². The maximum absolute atomic E-state index is 12.1. The normalized spacial score (nSPS) is 18.5. The highest BCUT2D eigenvalue weighted by Crippen LogP contribution is 2.28. The van der Waals surface area contributed by atoms with Gasteiger partial charge in [-0.2, -0.15) is 0 Å². The van der Waals surface area contributed by atoms with Gasteiger partial charge in [0.05, 0.1) is 0 Å². The zero-order valence-corrected chi connectivity index (χ0v) is 6.83. The maximum Gasteiger partial charge on any atom is 0.300 e. The van der Waals surface area contributed by atoms with Crippen molar-refractivity contribution in [2.75, 3.05) is 0 Å². The van der Waals surface area contributed by atoms with Crippen molar-refractivity contribution in [3.8, 4) is 0 Å². The van der Waals surface area contributed by atoms with E-state index >= 15 is 0 Å². The summed E-state index contributed by atoms with van der Waals surface area (Å²) in [6, 6.07) is 0. The Morgan fingerprint density at radius 3 is 1.23 bits per heavy atom. The lowest BCUT2D eigenvalue weighted by Crippen LogP contribution is -2.37. The minimum atomic E-state index is -4.00. The first-order valence-electron chi connectivity index (χ1n) is 3.24. The number of hydrogen-bond donors (Lipinski definition) is 0. The fourth-order valence-corrected chi connectivity index (χ4v) is 0.344. The molecule has 0 spiro atoms. The summed E-state index contributed by atoms with van der Waals surface area (Å²) in [7, 11) is 0. The highest BCUT2D eigenvalue weighted by atomic mass is 19.3. The molecule has 0 unspecified atom stereocenters. The van der Waals surface area contributed by atoms with Crippen molar-refractivity contribution in [3.05, 3.63) is 0 Å². The number of alkyl halides is 6. The molecule has 0 aliphatic rings. The topological polar surface area (TPSA) is 9.23 Å². The van der Waals surface area contributed by atoms with E-state index in [2.05, 4.69) is 4.74 Å². The number of hydrogen-bond acceptors (Lipinski definition) is 1. The molecule has 0 aromatic carbocycles. The lowest BCUT2D eigenvalue weighted by Gasteiger charge is -2.21. The molecule has 0 aliphatic carbocycles. The molecule has 0 N–H and O–H groups in total. The molecule has 0 saturated heterocycles. The van der Waals surface area contributed by atoms with E-state index in [9.17, 15) is 26.3 Å². The fraction of sp³-hybridized carbons (Fsp3) is 1.00. The van der Waals surface area contributed by atoms with Gasteiger partial charge in [0, 0.05) is 13.8 Å². The van der Waals surface area contributed by atoms with Gasteiger partial charge in [0.15, 0.2) is 0 Å². The molecule has 0 bridgehead atoms. The Kier molecular flexibility index (Phi) is 3.60. The SMILES string of the molecule is CC(F)(F)[C@@H](F)O[C@H](F)C(C)(F)F. The molecule has 7 heteroatoms. The lowest BCUT2D eigenvalue weighted by molar-refractivity contribution is -0.279. The fourth-order valence-electron chi connectivity index (χ4n) is 0.344. The number of ether oxygens (including phenoxy) is 1. The van der Waals surface area contributed by atoms with E-state index < -0.39 is 24.6 Å². The molecule has 13 heavy (non-hydrogen) atoms. The Balaban J connectivity index is 4.15. The molecule has 0 radical (unpaired) electrons. The van der Waals surface area contributed by atoms with Gasteiger partial charge >= 0.3 is 0 Å². The van der Waals surface area contributed by atoms with Crippen LogP contribution < -0.4 is 0 Å². The molecule has 80 valence electrons. The third-order valence-electron chi connectivity index (χ3n) is 1.04. The third-order valence-corrected chi connectivity index (χ3v) is 1.04. The van der Waals surface area contributed by atoms with Crippen molar-refractivity contribution in [2.45, 2.75) is 38.4 Å². The molecule has 0 fully saturated rings. The molecule has 0 aromatic rings. The number of rotatable bonds is 4. The van der Waals surface area contributed by atoms with Crippen molar-refractivity contribution in [1.82, 2.24) is 0 Å². The van der Waals surface area contributed by atoms with Crippen LogP contribution in [0.1, 0.15) is 13.8 Å². The smallest absolute Gasteiger partial charge is 0.300 e. The quantitative estimate of drug-likeness (QED) is 0.648. The second kappa shape index (κ2) is 3.73. The average molecular weight is 210 g/mol. The van der Waals surface area contributed by atoms with Crippen LogP contribution >= 0.6 is 0 Å². The van der Waals surface area contributed by atoms with Gasteiger partial charge in [-0.25, -0.2) is 26.3 Å². The highest BCUT2D eigenvalue weighted by Gasteiger charge is 2.43. The van der Waals surface area contributed by atoms with Crippen LogP contribution in [-0.2, 0) is 4.74 Å². The molecular formula is C6H8F6O. The molecule has 0 rings (SSSR count). The van der Waals surface area contributed by atoms with E-state index in [1.807, 2.05) is 0 Å². The minimum Gasteiger partial charge on any atom is -0.303 e. The largest absolute Gasteiger partial charge is 0.303 e. The van der Waals surface area contributed by atoms with E-state index in [1.165, 1.54) is 0 Å². The average Bonchev–Trinajstić information content (AvgIpc) is 1.82. The highest BCUT2D eigenvalue weighted by molar-refractivity contribution is 4.67. The summed E-state index contributed by atoms with van der Waals surface area (Å²) in [5.41, 5.74) is 0. The monoisotopic (exact) mass is 210 g/mol. The second-order valence-corrected chi connectivity index (χ2v) is 2.68. The molecule has 1 nitrogen and oxygen atoms in total. The standard InChI is InChI=1S/C6H8F6O/c1-5(9,10)3(7)13-4(8)6(2,11)12/h3-4H,1-2H3/t3-,4-/m0/s1. The van der Waals surface area contributed by atoms with E-state index in [0.717, 1.165) is 0 Å². The Bertz CT molecular complexity index is 141. The van der Waals surface area contributed by atoms with Gasteiger partial charge in [0.1, 0.15) is 0 Å². The first-order chi connectivity index (χ1) is 5.55. The molecule has 2 atom stereocenters. The van der Waals surface area contributed by atoms with Crippen LogP contribution in [0.3, 0.4) is 0 Å². The summed E-state index contributed by atoms with van der Waals surface area (Å²) >= 11 is 0. The van der Waals surface area contributed by atoms with Gasteiger partial charge in [0.25, 0.3) is 24.6 Å². The van der Waals surface area contributed by atoms with Gasteiger partial charge in [-0.1, -0.05) is 0 Å². The van der Waals surface area contributed by atoms with E-state index in [-0.39, 0.29) is 13.8 Å². The van der Waals surface area contributed by atoms with Gasteiger partial charge in [-0.05, 0) is 0 Å². The first kappa shape index (κ1) is 12.5. The lowest BCUT2D eigenvalue weighted by atomic mass is 10.3. The molecule has 0 aromatic heterocycles. The van der Waals surface area contributed by atoms with E-state index in [0.29, 0.717) is 0 Å². The summed E-state index contributed by atoms with van der Waals surface area (Å²) < 4.78 is 75.2. The van der Waals surface area contributed by atoms with Crippen LogP contribution in [0.2, 0.25) is 0 Å². The zero-order valence-electron chi connectivity index (χ0n) is 6.83. The predicted octanol–water partition coefficient (Wildman–Crippen LogP) is 2.90. The third kappa shape index (κ3) is 4.35.